The number of likely N-dealkylation sites (tertiary alicyclic amines) is 1. The normalized spacial score (nSPS) is 19.7. The Kier molecular flexibility index (Phi) is 7.93. The third kappa shape index (κ3) is 6.76. The van der Waals surface area contributed by atoms with E-state index >= 15 is 0 Å². The van der Waals surface area contributed by atoms with Gasteiger partial charge in [0.1, 0.15) is 0 Å². The van der Waals surface area contributed by atoms with Crippen LogP contribution in [0.3, 0.4) is 0 Å². The quantitative estimate of drug-likeness (QED) is 0.581. The van der Waals surface area contributed by atoms with E-state index in [1.807, 2.05) is 60.7 Å². The number of nitrogens with one attached hydrogen (secondary N) is 2. The highest BCUT2D eigenvalue weighted by Crippen LogP contribution is 2.29. The Hall–Kier alpha value is -3.51. The number of piperidine rings is 1. The molecule has 0 unspecified atom stereocenters. The molecule has 4 rings (SSSR count). The molecule has 182 valence electrons. The lowest BCUT2D eigenvalue weighted by Crippen LogP contribution is -2.44. The zero-order valence-electron chi connectivity index (χ0n) is 20.5. The van der Waals surface area contributed by atoms with Gasteiger partial charge in [0, 0.05) is 55.5 Å². The standard InChI is InChI=1S/C29H33N3O3/c1-20(33)30-26-12-8-22(9-13-26)16-24-18-32(28-6-4-3-5-7-28)19-25(29(24)35)17-23-10-14-27(15-11-23)31-21(2)34/h8-17,28H,3-7,18-19H2,1-2H3,(H,30,33)(H,31,34)/b24-16-,25-17-. The van der Waals surface area contributed by atoms with Gasteiger partial charge >= 0.3 is 0 Å². The number of carbonyl (C=O) groups excluding carboxylic acids is 3. The number of amides is 2. The lowest BCUT2D eigenvalue weighted by molar-refractivity contribution is -0.115. The summed E-state index contributed by atoms with van der Waals surface area (Å²) in [6.07, 6.45) is 10.1. The maximum Gasteiger partial charge on any atom is 0.221 e. The highest BCUT2D eigenvalue weighted by atomic mass is 16.2. The molecule has 1 aliphatic carbocycles. The van der Waals surface area contributed by atoms with E-state index in [1.165, 1.54) is 46.0 Å². The van der Waals surface area contributed by atoms with Gasteiger partial charge in [-0.25, -0.2) is 0 Å². The van der Waals surface area contributed by atoms with Crippen molar-refractivity contribution in [2.75, 3.05) is 23.7 Å². The summed E-state index contributed by atoms with van der Waals surface area (Å²) in [5, 5.41) is 5.55. The van der Waals surface area contributed by atoms with Gasteiger partial charge in [-0.2, -0.15) is 0 Å². The molecule has 2 aliphatic rings. The predicted molar refractivity (Wildman–Crippen MR) is 141 cm³/mol. The summed E-state index contributed by atoms with van der Waals surface area (Å²) >= 11 is 0. The zero-order valence-corrected chi connectivity index (χ0v) is 20.5. The van der Waals surface area contributed by atoms with Crippen LogP contribution < -0.4 is 10.6 Å². The first kappa shape index (κ1) is 24.6. The Balaban J connectivity index is 1.61. The largest absolute Gasteiger partial charge is 0.326 e. The van der Waals surface area contributed by atoms with Gasteiger partial charge in [-0.1, -0.05) is 43.5 Å². The molecule has 2 aromatic rings. The number of carbonyl (C=O) groups is 3. The summed E-state index contributed by atoms with van der Waals surface area (Å²) in [7, 11) is 0. The second-order valence-corrected chi connectivity index (χ2v) is 9.47. The minimum Gasteiger partial charge on any atom is -0.326 e. The van der Waals surface area contributed by atoms with E-state index < -0.39 is 0 Å². The number of hydrogen-bond donors (Lipinski definition) is 2. The summed E-state index contributed by atoms with van der Waals surface area (Å²) in [4.78, 5) is 38.6. The van der Waals surface area contributed by atoms with Crippen LogP contribution in [0.15, 0.2) is 59.7 Å². The minimum absolute atomic E-state index is 0.0777. The van der Waals surface area contributed by atoms with Crippen LogP contribution in [0.2, 0.25) is 0 Å². The summed E-state index contributed by atoms with van der Waals surface area (Å²) in [6, 6.07) is 15.6. The number of benzene rings is 2. The van der Waals surface area contributed by atoms with Crippen molar-refractivity contribution < 1.29 is 14.4 Å². The lowest BCUT2D eigenvalue weighted by atomic mass is 9.89. The predicted octanol–water partition coefficient (Wildman–Crippen LogP) is 5.29. The van der Waals surface area contributed by atoms with Crippen LogP contribution in [0.1, 0.15) is 57.1 Å². The van der Waals surface area contributed by atoms with Gasteiger partial charge in [-0.3, -0.25) is 19.3 Å². The van der Waals surface area contributed by atoms with E-state index in [9.17, 15) is 14.4 Å². The average Bonchev–Trinajstić information content (AvgIpc) is 2.84. The van der Waals surface area contributed by atoms with Gasteiger partial charge in [0.05, 0.1) is 0 Å². The molecule has 1 aliphatic heterocycles. The fourth-order valence-corrected chi connectivity index (χ4v) is 4.90. The fraction of sp³-hybridized carbons (Fsp3) is 0.345. The third-order valence-electron chi connectivity index (χ3n) is 6.57. The van der Waals surface area contributed by atoms with Crippen molar-refractivity contribution in [2.45, 2.75) is 52.0 Å². The Morgan fingerprint density at radius 1 is 0.743 bits per heavy atom. The molecule has 0 spiro atoms. The topological polar surface area (TPSA) is 78.5 Å². The molecule has 2 amide bonds. The van der Waals surface area contributed by atoms with Crippen LogP contribution in [0.5, 0.6) is 0 Å². The molecule has 2 fully saturated rings. The van der Waals surface area contributed by atoms with Crippen molar-refractivity contribution >= 4 is 41.1 Å². The Morgan fingerprint density at radius 2 is 1.17 bits per heavy atom. The molecule has 1 saturated carbocycles. The van der Waals surface area contributed by atoms with Crippen LogP contribution in [0.4, 0.5) is 11.4 Å². The average molecular weight is 472 g/mol. The van der Waals surface area contributed by atoms with Gasteiger partial charge in [0.25, 0.3) is 0 Å². The van der Waals surface area contributed by atoms with Crippen molar-refractivity contribution in [3.63, 3.8) is 0 Å². The van der Waals surface area contributed by atoms with E-state index in [1.54, 1.807) is 0 Å². The monoisotopic (exact) mass is 471 g/mol. The van der Waals surface area contributed by atoms with Crippen molar-refractivity contribution in [2.24, 2.45) is 0 Å². The van der Waals surface area contributed by atoms with E-state index in [0.29, 0.717) is 19.1 Å². The Morgan fingerprint density at radius 3 is 1.57 bits per heavy atom. The highest BCUT2D eigenvalue weighted by molar-refractivity contribution is 6.14. The molecule has 6 nitrogen and oxygen atoms in total. The molecular weight excluding hydrogens is 438 g/mol. The molecule has 6 heteroatoms. The number of anilines is 2. The fourth-order valence-electron chi connectivity index (χ4n) is 4.90. The first-order chi connectivity index (χ1) is 16.9. The minimum atomic E-state index is -0.110. The van der Waals surface area contributed by atoms with Crippen LogP contribution in [0.25, 0.3) is 12.2 Å². The van der Waals surface area contributed by atoms with Crippen molar-refractivity contribution in [1.82, 2.24) is 4.90 Å². The smallest absolute Gasteiger partial charge is 0.221 e. The Labute approximate surface area is 207 Å². The molecule has 1 heterocycles. The van der Waals surface area contributed by atoms with Crippen LogP contribution in [-0.4, -0.2) is 41.6 Å². The number of ketones is 1. The van der Waals surface area contributed by atoms with E-state index in [-0.39, 0.29) is 17.6 Å². The molecule has 0 bridgehead atoms. The number of nitrogens with zero attached hydrogens (tertiary/aromatic N) is 1. The first-order valence-electron chi connectivity index (χ1n) is 12.3. The zero-order chi connectivity index (χ0) is 24.8. The molecule has 1 saturated heterocycles. The molecule has 0 radical (unpaired) electrons. The summed E-state index contributed by atoms with van der Waals surface area (Å²) < 4.78 is 0. The molecule has 0 atom stereocenters. The second-order valence-electron chi connectivity index (χ2n) is 9.47. The summed E-state index contributed by atoms with van der Waals surface area (Å²) in [6.45, 7) is 4.26. The number of rotatable bonds is 5. The molecule has 35 heavy (non-hydrogen) atoms. The van der Waals surface area contributed by atoms with Crippen molar-refractivity contribution in [3.05, 3.63) is 70.8 Å². The molecule has 2 aromatic carbocycles. The van der Waals surface area contributed by atoms with Crippen LogP contribution >= 0.6 is 0 Å². The maximum absolute atomic E-state index is 13.5. The van der Waals surface area contributed by atoms with Crippen molar-refractivity contribution in [1.29, 1.82) is 0 Å². The Bertz CT molecular complexity index is 1060. The van der Waals surface area contributed by atoms with E-state index in [2.05, 4.69) is 15.5 Å². The first-order valence-corrected chi connectivity index (χ1v) is 12.3. The van der Waals surface area contributed by atoms with Gasteiger partial charge in [0.15, 0.2) is 5.78 Å². The van der Waals surface area contributed by atoms with E-state index in [0.717, 1.165) is 33.6 Å². The van der Waals surface area contributed by atoms with Crippen LogP contribution in [-0.2, 0) is 14.4 Å². The summed E-state index contributed by atoms with van der Waals surface area (Å²) in [5.41, 5.74) is 4.92. The SMILES string of the molecule is CC(=O)Nc1ccc(/C=C2/CN(C3CCCCC3)C/C(=C/c3ccc(NC(C)=O)cc3)C2=O)cc1. The third-order valence-corrected chi connectivity index (χ3v) is 6.57. The lowest BCUT2D eigenvalue weighted by Gasteiger charge is -2.38. The number of hydrogen-bond acceptors (Lipinski definition) is 4. The number of Topliss-reactive ketones (excluding diaryl/α,β-unsaturated/α-hetero) is 1. The summed E-state index contributed by atoms with van der Waals surface area (Å²) in [5.74, 6) is -0.142. The van der Waals surface area contributed by atoms with Gasteiger partial charge in [0.2, 0.25) is 11.8 Å². The van der Waals surface area contributed by atoms with Gasteiger partial charge < -0.3 is 10.6 Å². The van der Waals surface area contributed by atoms with Gasteiger partial charge in [-0.05, 0) is 60.4 Å². The van der Waals surface area contributed by atoms with Crippen LogP contribution in [0, 0.1) is 0 Å². The molecular formula is C29H33N3O3. The molecule has 2 N–H and O–H groups in total. The van der Waals surface area contributed by atoms with Crippen molar-refractivity contribution in [3.8, 4) is 0 Å². The highest BCUT2D eigenvalue weighted by Gasteiger charge is 2.31. The van der Waals surface area contributed by atoms with Gasteiger partial charge in [-0.15, -0.1) is 0 Å². The second kappa shape index (κ2) is 11.3. The van der Waals surface area contributed by atoms with E-state index in [4.69, 9.17) is 0 Å². The maximum atomic E-state index is 13.5. The molecule has 0 aromatic heterocycles.